The van der Waals surface area contributed by atoms with Gasteiger partial charge in [0.1, 0.15) is 0 Å². The molecule has 0 aliphatic rings. The molecule has 0 amide bonds. The Bertz CT molecular complexity index is 336. The fourth-order valence-corrected chi connectivity index (χ4v) is 1.76. The van der Waals surface area contributed by atoms with Crippen molar-refractivity contribution >= 4 is 11.6 Å². The maximum atomic E-state index is 9.20. The minimum absolute atomic E-state index is 0.125. The topological polar surface area (TPSA) is 32.3 Å². The summed E-state index contributed by atoms with van der Waals surface area (Å²) in [5.41, 5.74) is 1.03. The predicted octanol–water partition coefficient (Wildman–Crippen LogP) is 2.94. The second kappa shape index (κ2) is 5.67. The molecule has 1 aromatic rings. The van der Waals surface area contributed by atoms with E-state index in [1.54, 1.807) is 6.92 Å². The van der Waals surface area contributed by atoms with Gasteiger partial charge in [-0.1, -0.05) is 23.7 Å². The summed E-state index contributed by atoms with van der Waals surface area (Å²) in [5, 5.41) is 13.4. The Balaban J connectivity index is 2.62. The Morgan fingerprint density at radius 3 is 2.69 bits per heavy atom. The van der Waals surface area contributed by atoms with Crippen molar-refractivity contribution in [2.75, 3.05) is 6.54 Å². The van der Waals surface area contributed by atoms with Crippen LogP contribution in [0.15, 0.2) is 24.3 Å². The van der Waals surface area contributed by atoms with Gasteiger partial charge >= 0.3 is 0 Å². The average Bonchev–Trinajstić information content (AvgIpc) is 2.16. The van der Waals surface area contributed by atoms with Gasteiger partial charge in [0.2, 0.25) is 0 Å². The SMILES string of the molecule is CC(O)CCNC(C)(C)c1cccc(Cl)c1. The highest BCUT2D eigenvalue weighted by molar-refractivity contribution is 6.30. The van der Waals surface area contributed by atoms with Crippen LogP contribution in [0, 0.1) is 0 Å². The normalized spacial score (nSPS) is 13.8. The lowest BCUT2D eigenvalue weighted by Gasteiger charge is -2.27. The zero-order valence-electron chi connectivity index (χ0n) is 10.1. The number of hydrogen-bond acceptors (Lipinski definition) is 2. The van der Waals surface area contributed by atoms with E-state index < -0.39 is 0 Å². The first-order valence-corrected chi connectivity index (χ1v) is 5.99. The molecule has 2 nitrogen and oxygen atoms in total. The summed E-state index contributed by atoms with van der Waals surface area (Å²) in [4.78, 5) is 0. The molecule has 0 aromatic heterocycles. The molecule has 0 saturated carbocycles. The molecule has 16 heavy (non-hydrogen) atoms. The van der Waals surface area contributed by atoms with Crippen molar-refractivity contribution in [3.05, 3.63) is 34.9 Å². The molecule has 2 N–H and O–H groups in total. The van der Waals surface area contributed by atoms with Gasteiger partial charge in [-0.05, 0) is 51.4 Å². The van der Waals surface area contributed by atoms with Crippen molar-refractivity contribution in [2.45, 2.75) is 38.8 Å². The number of nitrogens with one attached hydrogen (secondary N) is 1. The van der Waals surface area contributed by atoms with Crippen LogP contribution >= 0.6 is 11.6 Å². The van der Waals surface area contributed by atoms with Crippen molar-refractivity contribution in [1.29, 1.82) is 0 Å². The third-order valence-electron chi connectivity index (χ3n) is 2.68. The van der Waals surface area contributed by atoms with Crippen molar-refractivity contribution < 1.29 is 5.11 Å². The summed E-state index contributed by atoms with van der Waals surface area (Å²) in [6.07, 6.45) is 0.493. The Labute approximate surface area is 103 Å². The molecule has 0 fully saturated rings. The number of hydrogen-bond donors (Lipinski definition) is 2. The first kappa shape index (κ1) is 13.5. The molecule has 0 radical (unpaired) electrons. The van der Waals surface area contributed by atoms with Crippen molar-refractivity contribution in [1.82, 2.24) is 5.32 Å². The van der Waals surface area contributed by atoms with Gasteiger partial charge in [0.15, 0.2) is 0 Å². The van der Waals surface area contributed by atoms with Gasteiger partial charge in [-0.3, -0.25) is 0 Å². The van der Waals surface area contributed by atoms with Crippen LogP contribution in [0.3, 0.4) is 0 Å². The van der Waals surface area contributed by atoms with Gasteiger partial charge in [-0.2, -0.15) is 0 Å². The second-order valence-electron chi connectivity index (χ2n) is 4.70. The standard InChI is InChI=1S/C13H20ClNO/c1-10(16)7-8-15-13(2,3)11-5-4-6-12(14)9-11/h4-6,9-10,15-16H,7-8H2,1-3H3. The monoisotopic (exact) mass is 241 g/mol. The summed E-state index contributed by atoms with van der Waals surface area (Å²) < 4.78 is 0. The van der Waals surface area contributed by atoms with Crippen LogP contribution in [0.2, 0.25) is 5.02 Å². The molecule has 0 spiro atoms. The molecule has 0 saturated heterocycles. The quantitative estimate of drug-likeness (QED) is 0.831. The molecule has 3 heteroatoms. The van der Waals surface area contributed by atoms with Crippen molar-refractivity contribution in [3.63, 3.8) is 0 Å². The van der Waals surface area contributed by atoms with Crippen LogP contribution in [0.1, 0.15) is 32.8 Å². The Morgan fingerprint density at radius 2 is 2.12 bits per heavy atom. The number of aliphatic hydroxyl groups excluding tert-OH is 1. The summed E-state index contributed by atoms with van der Waals surface area (Å²) in [5.74, 6) is 0. The summed E-state index contributed by atoms with van der Waals surface area (Å²) in [6.45, 7) is 6.81. The molecule has 0 bridgehead atoms. The lowest BCUT2D eigenvalue weighted by Crippen LogP contribution is -2.37. The van der Waals surface area contributed by atoms with E-state index >= 15 is 0 Å². The van der Waals surface area contributed by atoms with Gasteiger partial charge in [-0.15, -0.1) is 0 Å². The van der Waals surface area contributed by atoms with E-state index in [4.69, 9.17) is 11.6 Å². The van der Waals surface area contributed by atoms with E-state index in [2.05, 4.69) is 25.2 Å². The Kier molecular flexibility index (Phi) is 4.78. The molecular formula is C13H20ClNO. The molecule has 1 rings (SSSR count). The molecule has 1 atom stereocenters. The first-order valence-electron chi connectivity index (χ1n) is 5.61. The maximum Gasteiger partial charge on any atom is 0.0524 e. The summed E-state index contributed by atoms with van der Waals surface area (Å²) >= 11 is 5.97. The highest BCUT2D eigenvalue weighted by atomic mass is 35.5. The fourth-order valence-electron chi connectivity index (χ4n) is 1.57. The highest BCUT2D eigenvalue weighted by Gasteiger charge is 2.19. The number of benzene rings is 1. The van der Waals surface area contributed by atoms with Crippen LogP contribution in [0.25, 0.3) is 0 Å². The maximum absolute atomic E-state index is 9.20. The van der Waals surface area contributed by atoms with Gasteiger partial charge in [0.05, 0.1) is 6.10 Å². The van der Waals surface area contributed by atoms with Crippen LogP contribution in [-0.4, -0.2) is 17.8 Å². The molecule has 0 aliphatic heterocycles. The highest BCUT2D eigenvalue weighted by Crippen LogP contribution is 2.22. The number of rotatable bonds is 5. The van der Waals surface area contributed by atoms with Crippen molar-refractivity contribution in [2.24, 2.45) is 0 Å². The number of aliphatic hydroxyl groups is 1. The van der Waals surface area contributed by atoms with E-state index in [1.165, 1.54) is 0 Å². The van der Waals surface area contributed by atoms with Crippen LogP contribution in [-0.2, 0) is 5.54 Å². The zero-order chi connectivity index (χ0) is 12.2. The minimum atomic E-state index is -0.261. The first-order chi connectivity index (χ1) is 7.42. The summed E-state index contributed by atoms with van der Waals surface area (Å²) in [7, 11) is 0. The number of halogens is 1. The molecular weight excluding hydrogens is 222 g/mol. The smallest absolute Gasteiger partial charge is 0.0524 e. The summed E-state index contributed by atoms with van der Waals surface area (Å²) in [6, 6.07) is 7.85. The van der Waals surface area contributed by atoms with Crippen LogP contribution < -0.4 is 5.32 Å². The molecule has 1 unspecified atom stereocenters. The fraction of sp³-hybridized carbons (Fsp3) is 0.538. The van der Waals surface area contributed by atoms with Gasteiger partial charge in [-0.25, -0.2) is 0 Å². The average molecular weight is 242 g/mol. The van der Waals surface area contributed by atoms with E-state index in [1.807, 2.05) is 18.2 Å². The van der Waals surface area contributed by atoms with E-state index in [9.17, 15) is 5.11 Å². The molecule has 0 aliphatic carbocycles. The van der Waals surface area contributed by atoms with Crippen LogP contribution in [0.5, 0.6) is 0 Å². The predicted molar refractivity (Wildman–Crippen MR) is 68.8 cm³/mol. The van der Waals surface area contributed by atoms with E-state index in [0.29, 0.717) is 0 Å². The third kappa shape index (κ3) is 4.12. The lowest BCUT2D eigenvalue weighted by molar-refractivity contribution is 0.179. The Morgan fingerprint density at radius 1 is 1.44 bits per heavy atom. The third-order valence-corrected chi connectivity index (χ3v) is 2.91. The van der Waals surface area contributed by atoms with Gasteiger partial charge in [0.25, 0.3) is 0 Å². The van der Waals surface area contributed by atoms with E-state index in [-0.39, 0.29) is 11.6 Å². The largest absolute Gasteiger partial charge is 0.393 e. The van der Waals surface area contributed by atoms with Gasteiger partial charge in [0, 0.05) is 10.6 Å². The molecule has 0 heterocycles. The lowest BCUT2D eigenvalue weighted by atomic mass is 9.94. The van der Waals surface area contributed by atoms with Gasteiger partial charge < -0.3 is 10.4 Å². The van der Waals surface area contributed by atoms with Crippen molar-refractivity contribution in [3.8, 4) is 0 Å². The molecule has 90 valence electrons. The van der Waals surface area contributed by atoms with Crippen LogP contribution in [0.4, 0.5) is 0 Å². The van der Waals surface area contributed by atoms with E-state index in [0.717, 1.165) is 23.6 Å². The molecule has 1 aromatic carbocycles. The Hall–Kier alpha value is -0.570. The second-order valence-corrected chi connectivity index (χ2v) is 5.14. The minimum Gasteiger partial charge on any atom is -0.393 e. The zero-order valence-corrected chi connectivity index (χ0v) is 10.9.